The van der Waals surface area contributed by atoms with Gasteiger partial charge in [0.25, 0.3) is 0 Å². The summed E-state index contributed by atoms with van der Waals surface area (Å²) in [5.41, 5.74) is 2.20. The Morgan fingerprint density at radius 3 is 2.79 bits per heavy atom. The molecule has 1 N–H and O–H groups in total. The fourth-order valence-corrected chi connectivity index (χ4v) is 2.76. The summed E-state index contributed by atoms with van der Waals surface area (Å²) in [6.07, 6.45) is 2.78. The molecule has 0 radical (unpaired) electrons. The van der Waals surface area contributed by atoms with Crippen molar-refractivity contribution in [1.29, 1.82) is 0 Å². The van der Waals surface area contributed by atoms with Gasteiger partial charge in [0.15, 0.2) is 0 Å². The normalized spacial score (nSPS) is 14.6. The van der Waals surface area contributed by atoms with Gasteiger partial charge in [-0.3, -0.25) is 0 Å². The number of hydrogen-bond donors (Lipinski definition) is 1. The van der Waals surface area contributed by atoms with Crippen molar-refractivity contribution >= 4 is 11.3 Å². The van der Waals surface area contributed by atoms with E-state index in [4.69, 9.17) is 4.74 Å². The first kappa shape index (κ1) is 12.6. The fraction of sp³-hybridized carbons (Fsp3) is 0.400. The Bertz CT molecular complexity index is 531. The van der Waals surface area contributed by atoms with E-state index in [1.807, 2.05) is 12.1 Å². The Morgan fingerprint density at radius 1 is 1.32 bits per heavy atom. The van der Waals surface area contributed by atoms with Crippen molar-refractivity contribution in [2.75, 3.05) is 13.7 Å². The Hall–Kier alpha value is -1.39. The van der Waals surface area contributed by atoms with Crippen molar-refractivity contribution in [2.45, 2.75) is 19.4 Å². The van der Waals surface area contributed by atoms with Gasteiger partial charge < -0.3 is 10.1 Å². The second-order valence-corrected chi connectivity index (χ2v) is 5.87. The molecule has 0 aliphatic heterocycles. The monoisotopic (exact) mass is 274 g/mol. The summed E-state index contributed by atoms with van der Waals surface area (Å²) in [5.74, 6) is 1.80. The zero-order valence-corrected chi connectivity index (χ0v) is 11.9. The summed E-state index contributed by atoms with van der Waals surface area (Å²) >= 11 is 1.72. The van der Waals surface area contributed by atoms with E-state index in [1.165, 1.54) is 12.8 Å². The number of rotatable bonds is 6. The molecule has 1 aliphatic carbocycles. The lowest BCUT2D eigenvalue weighted by atomic mass is 10.2. The zero-order valence-electron chi connectivity index (χ0n) is 11.1. The van der Waals surface area contributed by atoms with E-state index in [1.54, 1.807) is 18.4 Å². The maximum absolute atomic E-state index is 5.16. The van der Waals surface area contributed by atoms with Crippen LogP contribution < -0.4 is 10.1 Å². The van der Waals surface area contributed by atoms with Crippen LogP contribution in [0.5, 0.6) is 5.75 Å². The number of benzene rings is 1. The molecule has 2 aromatic rings. The molecule has 0 amide bonds. The van der Waals surface area contributed by atoms with Crippen molar-refractivity contribution in [3.05, 3.63) is 34.7 Å². The minimum absolute atomic E-state index is 0.880. The maximum Gasteiger partial charge on any atom is 0.118 e. The molecule has 0 spiro atoms. The van der Waals surface area contributed by atoms with Crippen LogP contribution in [0.15, 0.2) is 29.6 Å². The standard InChI is InChI=1S/C15H18N2OS/c1-18-13-6-4-12(5-7-13)14-10-19-15(17-14)9-16-8-11-2-3-11/h4-7,10-11,16H,2-3,8-9H2,1H3. The van der Waals surface area contributed by atoms with Crippen LogP contribution in [-0.4, -0.2) is 18.6 Å². The third-order valence-corrected chi connectivity index (χ3v) is 4.19. The lowest BCUT2D eigenvalue weighted by Crippen LogP contribution is -2.15. The maximum atomic E-state index is 5.16. The molecule has 4 heteroatoms. The van der Waals surface area contributed by atoms with Gasteiger partial charge in [-0.25, -0.2) is 4.98 Å². The average molecular weight is 274 g/mol. The van der Waals surface area contributed by atoms with Crippen molar-refractivity contribution in [3.8, 4) is 17.0 Å². The molecule has 1 fully saturated rings. The van der Waals surface area contributed by atoms with Gasteiger partial charge in [-0.2, -0.15) is 0 Å². The predicted octanol–water partition coefficient (Wildman–Crippen LogP) is 3.32. The molecular formula is C15H18N2OS. The minimum Gasteiger partial charge on any atom is -0.497 e. The van der Waals surface area contributed by atoms with Gasteiger partial charge in [-0.15, -0.1) is 11.3 Å². The first-order chi connectivity index (χ1) is 9.35. The second kappa shape index (κ2) is 5.72. The van der Waals surface area contributed by atoms with Crippen molar-refractivity contribution in [3.63, 3.8) is 0 Å². The second-order valence-electron chi connectivity index (χ2n) is 4.93. The van der Waals surface area contributed by atoms with E-state index < -0.39 is 0 Å². The Labute approximate surface area is 117 Å². The van der Waals surface area contributed by atoms with Gasteiger partial charge in [0, 0.05) is 17.5 Å². The van der Waals surface area contributed by atoms with Gasteiger partial charge >= 0.3 is 0 Å². The topological polar surface area (TPSA) is 34.1 Å². The van der Waals surface area contributed by atoms with E-state index >= 15 is 0 Å². The van der Waals surface area contributed by atoms with E-state index in [9.17, 15) is 0 Å². The van der Waals surface area contributed by atoms with Crippen LogP contribution in [0.2, 0.25) is 0 Å². The summed E-state index contributed by atoms with van der Waals surface area (Å²) in [5, 5.41) is 6.75. The van der Waals surface area contributed by atoms with Crippen LogP contribution in [0.3, 0.4) is 0 Å². The predicted molar refractivity (Wildman–Crippen MR) is 78.5 cm³/mol. The van der Waals surface area contributed by atoms with Crippen LogP contribution in [0.4, 0.5) is 0 Å². The van der Waals surface area contributed by atoms with E-state index in [-0.39, 0.29) is 0 Å². The lowest BCUT2D eigenvalue weighted by Gasteiger charge is -2.01. The first-order valence-corrected chi connectivity index (χ1v) is 7.52. The van der Waals surface area contributed by atoms with E-state index in [0.717, 1.165) is 41.0 Å². The molecule has 3 rings (SSSR count). The number of nitrogens with zero attached hydrogens (tertiary/aromatic N) is 1. The van der Waals surface area contributed by atoms with E-state index in [0.29, 0.717) is 0 Å². The van der Waals surface area contributed by atoms with E-state index in [2.05, 4.69) is 27.8 Å². The molecule has 1 aromatic carbocycles. The van der Waals surface area contributed by atoms with Crippen LogP contribution in [-0.2, 0) is 6.54 Å². The average Bonchev–Trinajstić information content (AvgIpc) is 3.15. The fourth-order valence-electron chi connectivity index (χ4n) is 1.99. The highest BCUT2D eigenvalue weighted by molar-refractivity contribution is 7.09. The number of nitrogens with one attached hydrogen (secondary N) is 1. The molecule has 0 unspecified atom stereocenters. The highest BCUT2D eigenvalue weighted by Gasteiger charge is 2.20. The largest absolute Gasteiger partial charge is 0.497 e. The number of hydrogen-bond acceptors (Lipinski definition) is 4. The number of ether oxygens (including phenoxy) is 1. The molecule has 0 saturated heterocycles. The number of thiazole rings is 1. The Balaban J connectivity index is 1.61. The summed E-state index contributed by atoms with van der Waals surface area (Å²) in [7, 11) is 1.68. The molecule has 0 bridgehead atoms. The van der Waals surface area contributed by atoms with Crippen LogP contribution in [0, 0.1) is 5.92 Å². The highest BCUT2D eigenvalue weighted by Crippen LogP contribution is 2.28. The highest BCUT2D eigenvalue weighted by atomic mass is 32.1. The van der Waals surface area contributed by atoms with Crippen LogP contribution >= 0.6 is 11.3 Å². The van der Waals surface area contributed by atoms with Gasteiger partial charge in [0.05, 0.1) is 12.8 Å². The molecule has 1 aliphatic rings. The van der Waals surface area contributed by atoms with Gasteiger partial charge in [0.1, 0.15) is 10.8 Å². The molecule has 19 heavy (non-hydrogen) atoms. The summed E-state index contributed by atoms with van der Waals surface area (Å²) in [6.45, 7) is 2.02. The smallest absolute Gasteiger partial charge is 0.118 e. The van der Waals surface area contributed by atoms with Gasteiger partial charge in [0.2, 0.25) is 0 Å². The summed E-state index contributed by atoms with van der Waals surface area (Å²) in [6, 6.07) is 8.05. The number of aromatic nitrogens is 1. The van der Waals surface area contributed by atoms with Crippen LogP contribution in [0.1, 0.15) is 17.8 Å². The molecular weight excluding hydrogens is 256 g/mol. The molecule has 1 saturated carbocycles. The molecule has 100 valence electrons. The van der Waals surface area contributed by atoms with Crippen molar-refractivity contribution < 1.29 is 4.74 Å². The zero-order chi connectivity index (χ0) is 13.1. The summed E-state index contributed by atoms with van der Waals surface area (Å²) in [4.78, 5) is 4.67. The quantitative estimate of drug-likeness (QED) is 0.877. The SMILES string of the molecule is COc1ccc(-c2csc(CNCC3CC3)n2)cc1. The summed E-state index contributed by atoms with van der Waals surface area (Å²) < 4.78 is 5.16. The van der Waals surface area contributed by atoms with Gasteiger partial charge in [-0.1, -0.05) is 0 Å². The molecule has 1 heterocycles. The van der Waals surface area contributed by atoms with Crippen LogP contribution in [0.25, 0.3) is 11.3 Å². The lowest BCUT2D eigenvalue weighted by molar-refractivity contribution is 0.415. The Kier molecular flexibility index (Phi) is 3.80. The third-order valence-electron chi connectivity index (χ3n) is 3.34. The van der Waals surface area contributed by atoms with Gasteiger partial charge in [-0.05, 0) is 49.6 Å². The minimum atomic E-state index is 0.880. The molecule has 0 atom stereocenters. The molecule has 1 aromatic heterocycles. The Morgan fingerprint density at radius 2 is 2.11 bits per heavy atom. The third kappa shape index (κ3) is 3.33. The number of methoxy groups -OCH3 is 1. The first-order valence-electron chi connectivity index (χ1n) is 6.64. The van der Waals surface area contributed by atoms with Crippen molar-refractivity contribution in [2.24, 2.45) is 5.92 Å². The van der Waals surface area contributed by atoms with Crippen molar-refractivity contribution in [1.82, 2.24) is 10.3 Å². The molecule has 3 nitrogen and oxygen atoms in total.